The van der Waals surface area contributed by atoms with Crippen molar-refractivity contribution >= 4 is 28.8 Å². The Bertz CT molecular complexity index is 889. The third kappa shape index (κ3) is 3.00. The van der Waals surface area contributed by atoms with Gasteiger partial charge in [0.25, 0.3) is 5.91 Å². The zero-order valence-corrected chi connectivity index (χ0v) is 12.2. The van der Waals surface area contributed by atoms with E-state index in [0.29, 0.717) is 5.65 Å². The van der Waals surface area contributed by atoms with Crippen molar-refractivity contribution in [2.75, 3.05) is 5.32 Å². The van der Waals surface area contributed by atoms with E-state index in [1.54, 1.807) is 24.4 Å². The van der Waals surface area contributed by atoms with E-state index in [9.17, 15) is 18.0 Å². The van der Waals surface area contributed by atoms with Gasteiger partial charge < -0.3 is 5.32 Å². The molecule has 0 atom stereocenters. The Kier molecular flexibility index (Phi) is 3.73. The quantitative estimate of drug-likeness (QED) is 0.758. The molecule has 0 aliphatic heterocycles. The fraction of sp³-hybridized carbons (Fsp3) is 0.0667. The molecule has 0 aliphatic rings. The minimum Gasteiger partial charge on any atom is -0.321 e. The van der Waals surface area contributed by atoms with Crippen molar-refractivity contribution in [2.45, 2.75) is 6.18 Å². The number of amides is 1. The van der Waals surface area contributed by atoms with Gasteiger partial charge >= 0.3 is 6.18 Å². The van der Waals surface area contributed by atoms with Crippen LogP contribution in [-0.4, -0.2) is 15.3 Å². The smallest absolute Gasteiger partial charge is 0.321 e. The average Bonchev–Trinajstić information content (AvgIpc) is 2.96. The molecule has 2 heterocycles. The van der Waals surface area contributed by atoms with E-state index in [2.05, 4.69) is 10.3 Å². The summed E-state index contributed by atoms with van der Waals surface area (Å²) in [6.07, 6.45) is -1.48. The van der Waals surface area contributed by atoms with Crippen LogP contribution in [0.3, 0.4) is 0 Å². The second-order valence-electron chi connectivity index (χ2n) is 4.71. The number of alkyl halides is 3. The molecule has 3 rings (SSSR count). The fourth-order valence-corrected chi connectivity index (χ4v) is 2.37. The lowest BCUT2D eigenvalue weighted by molar-refractivity contribution is -0.137. The number of benzene rings is 1. The van der Waals surface area contributed by atoms with Gasteiger partial charge in [0.15, 0.2) is 0 Å². The Balaban J connectivity index is 1.93. The molecule has 0 radical (unpaired) electrons. The molecule has 8 heteroatoms. The predicted molar refractivity (Wildman–Crippen MR) is 79.6 cm³/mol. The molecular formula is C15H9ClF3N3O. The molecule has 3 aromatic rings. The molecule has 23 heavy (non-hydrogen) atoms. The number of hydrogen-bond donors (Lipinski definition) is 1. The Morgan fingerprint density at radius 3 is 2.74 bits per heavy atom. The Hall–Kier alpha value is -2.54. The van der Waals surface area contributed by atoms with Gasteiger partial charge in [-0.05, 0) is 30.3 Å². The summed E-state index contributed by atoms with van der Waals surface area (Å²) in [5, 5.41) is 2.01. The minimum atomic E-state index is -4.60. The monoisotopic (exact) mass is 339 g/mol. The normalized spacial score (nSPS) is 11.7. The van der Waals surface area contributed by atoms with Crippen LogP contribution in [0.5, 0.6) is 0 Å². The van der Waals surface area contributed by atoms with Crippen LogP contribution in [0.15, 0.2) is 48.8 Å². The molecule has 0 saturated heterocycles. The van der Waals surface area contributed by atoms with Crippen molar-refractivity contribution in [3.05, 3.63) is 65.1 Å². The molecule has 1 N–H and O–H groups in total. The van der Waals surface area contributed by atoms with Gasteiger partial charge in [0.1, 0.15) is 11.3 Å². The summed E-state index contributed by atoms with van der Waals surface area (Å²) < 4.78 is 40.1. The summed E-state index contributed by atoms with van der Waals surface area (Å²) in [4.78, 5) is 16.3. The number of hydrogen-bond acceptors (Lipinski definition) is 2. The molecule has 0 bridgehead atoms. The highest BCUT2D eigenvalue weighted by atomic mass is 35.5. The first-order valence-corrected chi connectivity index (χ1v) is 6.84. The molecule has 118 valence electrons. The van der Waals surface area contributed by atoms with Crippen LogP contribution in [0, 0.1) is 0 Å². The maximum Gasteiger partial charge on any atom is 0.417 e. The Labute approximate surface area is 133 Å². The fourth-order valence-electron chi connectivity index (χ4n) is 2.15. The maximum atomic E-state index is 12.8. The number of fused-ring (bicyclic) bond motifs is 1. The van der Waals surface area contributed by atoms with Gasteiger partial charge in [-0.1, -0.05) is 17.7 Å². The van der Waals surface area contributed by atoms with Crippen molar-refractivity contribution in [3.63, 3.8) is 0 Å². The molecule has 0 saturated carbocycles. The number of pyridine rings is 1. The third-order valence-electron chi connectivity index (χ3n) is 3.19. The topological polar surface area (TPSA) is 46.4 Å². The summed E-state index contributed by atoms with van der Waals surface area (Å²) in [6, 6.07) is 8.10. The zero-order chi connectivity index (χ0) is 16.6. The van der Waals surface area contributed by atoms with E-state index < -0.39 is 22.7 Å². The summed E-state index contributed by atoms with van der Waals surface area (Å²) in [6.45, 7) is 0. The number of anilines is 1. The van der Waals surface area contributed by atoms with Crippen LogP contribution < -0.4 is 5.32 Å². The van der Waals surface area contributed by atoms with Gasteiger partial charge in [0.2, 0.25) is 0 Å². The zero-order valence-electron chi connectivity index (χ0n) is 11.4. The first-order chi connectivity index (χ1) is 10.9. The summed E-state index contributed by atoms with van der Waals surface area (Å²) in [7, 11) is 0. The number of aromatic nitrogens is 2. The highest BCUT2D eigenvalue weighted by Crippen LogP contribution is 2.36. The number of nitrogens with one attached hydrogen (secondary N) is 1. The van der Waals surface area contributed by atoms with Crippen molar-refractivity contribution in [1.29, 1.82) is 0 Å². The number of nitrogens with zero attached hydrogens (tertiary/aromatic N) is 2. The van der Waals surface area contributed by atoms with E-state index in [0.717, 1.165) is 12.1 Å². The SMILES string of the molecule is O=C(Nc1ccc(Cl)c(C(F)(F)F)c1)c1cccc2nccn12. The lowest BCUT2D eigenvalue weighted by Crippen LogP contribution is -2.16. The van der Waals surface area contributed by atoms with E-state index in [1.807, 2.05) is 0 Å². The molecule has 2 aromatic heterocycles. The van der Waals surface area contributed by atoms with Crippen molar-refractivity contribution in [1.82, 2.24) is 9.38 Å². The first-order valence-electron chi connectivity index (χ1n) is 6.46. The highest BCUT2D eigenvalue weighted by Gasteiger charge is 2.33. The molecule has 0 unspecified atom stereocenters. The first kappa shape index (κ1) is 15.4. The summed E-state index contributed by atoms with van der Waals surface area (Å²) >= 11 is 5.55. The number of carbonyl (C=O) groups excluding carboxylic acids is 1. The number of rotatable bonds is 2. The lowest BCUT2D eigenvalue weighted by atomic mass is 10.2. The van der Waals surface area contributed by atoms with Crippen molar-refractivity contribution in [2.24, 2.45) is 0 Å². The highest BCUT2D eigenvalue weighted by molar-refractivity contribution is 6.31. The standard InChI is InChI=1S/C15H9ClF3N3O/c16-11-5-4-9(8-10(11)15(17,18)19)21-14(23)12-2-1-3-13-20-6-7-22(12)13/h1-8H,(H,21,23). The largest absolute Gasteiger partial charge is 0.417 e. The summed E-state index contributed by atoms with van der Waals surface area (Å²) in [5.74, 6) is -0.552. The Morgan fingerprint density at radius 2 is 2.00 bits per heavy atom. The second kappa shape index (κ2) is 5.58. The predicted octanol–water partition coefficient (Wildman–Crippen LogP) is 4.26. The van der Waals surface area contributed by atoms with Gasteiger partial charge in [0, 0.05) is 18.1 Å². The molecule has 0 spiro atoms. The van der Waals surface area contributed by atoms with E-state index in [1.165, 1.54) is 16.7 Å². The molecular weight excluding hydrogens is 331 g/mol. The van der Waals surface area contributed by atoms with Gasteiger partial charge in [-0.15, -0.1) is 0 Å². The third-order valence-corrected chi connectivity index (χ3v) is 3.52. The number of halogens is 4. The molecule has 0 fully saturated rings. The van der Waals surface area contributed by atoms with Crippen molar-refractivity contribution in [3.8, 4) is 0 Å². The molecule has 0 aliphatic carbocycles. The number of imidazole rings is 1. The average molecular weight is 340 g/mol. The van der Waals surface area contributed by atoms with E-state index in [4.69, 9.17) is 11.6 Å². The van der Waals surface area contributed by atoms with Gasteiger partial charge in [0.05, 0.1) is 10.6 Å². The van der Waals surface area contributed by atoms with Gasteiger partial charge in [-0.2, -0.15) is 13.2 Å². The second-order valence-corrected chi connectivity index (χ2v) is 5.12. The maximum absolute atomic E-state index is 12.8. The molecule has 4 nitrogen and oxygen atoms in total. The van der Waals surface area contributed by atoms with Crippen LogP contribution in [0.25, 0.3) is 5.65 Å². The van der Waals surface area contributed by atoms with E-state index in [-0.39, 0.29) is 11.4 Å². The van der Waals surface area contributed by atoms with Crippen molar-refractivity contribution < 1.29 is 18.0 Å². The molecule has 1 aromatic carbocycles. The van der Waals surface area contributed by atoms with E-state index >= 15 is 0 Å². The minimum absolute atomic E-state index is 0.00356. The lowest BCUT2D eigenvalue weighted by Gasteiger charge is -2.12. The Morgan fingerprint density at radius 1 is 1.22 bits per heavy atom. The van der Waals surface area contributed by atoms with Crippen LogP contribution >= 0.6 is 11.6 Å². The van der Waals surface area contributed by atoms with Gasteiger partial charge in [-0.25, -0.2) is 4.98 Å². The van der Waals surface area contributed by atoms with Crippen LogP contribution in [0.4, 0.5) is 18.9 Å². The van der Waals surface area contributed by atoms with Crippen LogP contribution in [-0.2, 0) is 6.18 Å². The number of carbonyl (C=O) groups is 1. The van der Waals surface area contributed by atoms with Crippen LogP contribution in [0.2, 0.25) is 5.02 Å². The molecule has 1 amide bonds. The van der Waals surface area contributed by atoms with Gasteiger partial charge in [-0.3, -0.25) is 9.20 Å². The van der Waals surface area contributed by atoms with Crippen LogP contribution in [0.1, 0.15) is 16.1 Å². The summed E-state index contributed by atoms with van der Waals surface area (Å²) in [5.41, 5.74) is -0.185.